The van der Waals surface area contributed by atoms with E-state index in [0.29, 0.717) is 5.01 Å². The van der Waals surface area contributed by atoms with Gasteiger partial charge in [-0.1, -0.05) is 18.2 Å². The van der Waals surface area contributed by atoms with Crippen LogP contribution in [0.4, 0.5) is 13.2 Å². The number of alkyl halides is 3. The Morgan fingerprint density at radius 3 is 2.58 bits per heavy atom. The maximum atomic E-state index is 12.8. The van der Waals surface area contributed by atoms with Gasteiger partial charge in [-0.15, -0.1) is 11.3 Å². The van der Waals surface area contributed by atoms with E-state index < -0.39 is 11.7 Å². The zero-order chi connectivity index (χ0) is 14.0. The summed E-state index contributed by atoms with van der Waals surface area (Å²) in [6.45, 7) is 1.82. The first-order chi connectivity index (χ1) is 8.88. The number of hydrogen-bond acceptors (Lipinski definition) is 3. The summed E-state index contributed by atoms with van der Waals surface area (Å²) in [6.07, 6.45) is -2.54. The van der Waals surface area contributed by atoms with E-state index >= 15 is 0 Å². The molecule has 0 bridgehead atoms. The van der Waals surface area contributed by atoms with Gasteiger partial charge in [0, 0.05) is 23.5 Å². The Hall–Kier alpha value is -1.40. The van der Waals surface area contributed by atoms with Crippen LogP contribution >= 0.6 is 11.3 Å². The fourth-order valence-electron chi connectivity index (χ4n) is 1.73. The van der Waals surface area contributed by atoms with Crippen molar-refractivity contribution < 1.29 is 13.2 Å². The first kappa shape index (κ1) is 14.0. The summed E-state index contributed by atoms with van der Waals surface area (Å²) < 4.78 is 38.5. The Bertz CT molecular complexity index is 561. The fraction of sp³-hybridized carbons (Fsp3) is 0.308. The van der Waals surface area contributed by atoms with Crippen LogP contribution in [0.15, 0.2) is 30.5 Å². The molecule has 0 amide bonds. The SMILES string of the molecule is CC(N)c1cnc(Cc2ccccc2C(F)(F)F)s1. The van der Waals surface area contributed by atoms with Gasteiger partial charge in [0.1, 0.15) is 0 Å². The number of thiazole rings is 1. The molecule has 2 rings (SSSR count). The van der Waals surface area contributed by atoms with Crippen LogP contribution in [0.5, 0.6) is 0 Å². The highest BCUT2D eigenvalue weighted by atomic mass is 32.1. The first-order valence-corrected chi connectivity index (χ1v) is 6.55. The molecular formula is C13H13F3N2S. The molecule has 2 nitrogen and oxygen atoms in total. The van der Waals surface area contributed by atoms with Gasteiger partial charge in [0.15, 0.2) is 0 Å². The van der Waals surface area contributed by atoms with Gasteiger partial charge in [0.25, 0.3) is 0 Å². The van der Waals surface area contributed by atoms with Crippen LogP contribution in [-0.4, -0.2) is 4.98 Å². The van der Waals surface area contributed by atoms with Crippen LogP contribution in [0.1, 0.15) is 34.0 Å². The van der Waals surface area contributed by atoms with E-state index in [2.05, 4.69) is 4.98 Å². The molecule has 1 aromatic heterocycles. The second-order valence-corrected chi connectivity index (χ2v) is 5.42. The van der Waals surface area contributed by atoms with Gasteiger partial charge < -0.3 is 5.73 Å². The third kappa shape index (κ3) is 3.33. The molecule has 0 radical (unpaired) electrons. The quantitative estimate of drug-likeness (QED) is 0.932. The maximum absolute atomic E-state index is 12.8. The van der Waals surface area contributed by atoms with Gasteiger partial charge in [0.2, 0.25) is 0 Å². The van der Waals surface area contributed by atoms with Gasteiger partial charge in [-0.2, -0.15) is 13.2 Å². The van der Waals surface area contributed by atoms with Gasteiger partial charge in [-0.25, -0.2) is 4.98 Å². The van der Waals surface area contributed by atoms with Crippen molar-refractivity contribution in [3.05, 3.63) is 51.5 Å². The summed E-state index contributed by atoms with van der Waals surface area (Å²) in [5.74, 6) is 0. The molecule has 0 aliphatic rings. The van der Waals surface area contributed by atoms with Crippen LogP contribution in [0.25, 0.3) is 0 Å². The van der Waals surface area contributed by atoms with E-state index in [1.165, 1.54) is 23.5 Å². The number of nitrogens with zero attached hydrogens (tertiary/aromatic N) is 1. The number of hydrogen-bond donors (Lipinski definition) is 1. The third-order valence-corrected chi connectivity index (χ3v) is 3.88. The molecule has 0 fully saturated rings. The Labute approximate surface area is 113 Å². The van der Waals surface area contributed by atoms with Crippen molar-refractivity contribution in [3.8, 4) is 0 Å². The molecule has 6 heteroatoms. The van der Waals surface area contributed by atoms with Crippen molar-refractivity contribution in [2.75, 3.05) is 0 Å². The molecule has 1 atom stereocenters. The lowest BCUT2D eigenvalue weighted by atomic mass is 10.0. The van der Waals surface area contributed by atoms with E-state index in [1.807, 2.05) is 6.92 Å². The predicted molar refractivity (Wildman–Crippen MR) is 69.0 cm³/mol. The minimum atomic E-state index is -4.34. The van der Waals surface area contributed by atoms with Gasteiger partial charge in [-0.3, -0.25) is 0 Å². The smallest absolute Gasteiger partial charge is 0.323 e. The number of halogens is 3. The molecule has 2 N–H and O–H groups in total. The molecule has 2 aromatic rings. The molecule has 0 saturated carbocycles. The van der Waals surface area contributed by atoms with E-state index in [9.17, 15) is 13.2 Å². The highest BCUT2D eigenvalue weighted by Crippen LogP contribution is 2.33. The van der Waals surface area contributed by atoms with E-state index in [1.54, 1.807) is 12.3 Å². The largest absolute Gasteiger partial charge is 0.416 e. The van der Waals surface area contributed by atoms with Gasteiger partial charge in [0.05, 0.1) is 10.6 Å². The molecule has 102 valence electrons. The predicted octanol–water partition coefficient (Wildman–Crippen LogP) is 3.77. The number of nitrogens with two attached hydrogens (primary N) is 1. The van der Waals surface area contributed by atoms with Crippen molar-refractivity contribution in [1.29, 1.82) is 0 Å². The Morgan fingerprint density at radius 2 is 2.00 bits per heavy atom. The Balaban J connectivity index is 2.28. The lowest BCUT2D eigenvalue weighted by Gasteiger charge is -2.11. The molecule has 0 aliphatic carbocycles. The molecular weight excluding hydrogens is 273 g/mol. The lowest BCUT2D eigenvalue weighted by molar-refractivity contribution is -0.138. The summed E-state index contributed by atoms with van der Waals surface area (Å²) >= 11 is 1.35. The molecule has 1 unspecified atom stereocenters. The minimum absolute atomic E-state index is 0.149. The maximum Gasteiger partial charge on any atom is 0.416 e. The van der Waals surface area contributed by atoms with E-state index in [-0.39, 0.29) is 18.0 Å². The fourth-order valence-corrected chi connectivity index (χ4v) is 2.63. The second-order valence-electron chi connectivity index (χ2n) is 4.28. The average Bonchev–Trinajstić information content (AvgIpc) is 2.77. The van der Waals surface area contributed by atoms with Crippen molar-refractivity contribution in [2.24, 2.45) is 5.73 Å². The summed E-state index contributed by atoms with van der Waals surface area (Å²) in [5.41, 5.74) is 5.34. The number of aromatic nitrogens is 1. The van der Waals surface area contributed by atoms with Crippen molar-refractivity contribution >= 4 is 11.3 Å². The third-order valence-electron chi connectivity index (χ3n) is 2.68. The molecule has 19 heavy (non-hydrogen) atoms. The first-order valence-electron chi connectivity index (χ1n) is 5.73. The van der Waals surface area contributed by atoms with Crippen molar-refractivity contribution in [1.82, 2.24) is 4.98 Å². The molecule has 0 spiro atoms. The topological polar surface area (TPSA) is 38.9 Å². The minimum Gasteiger partial charge on any atom is -0.323 e. The number of benzene rings is 1. The summed E-state index contributed by atoms with van der Waals surface area (Å²) in [7, 11) is 0. The average molecular weight is 286 g/mol. The molecule has 1 aromatic carbocycles. The van der Waals surface area contributed by atoms with Crippen molar-refractivity contribution in [2.45, 2.75) is 25.6 Å². The van der Waals surface area contributed by atoms with E-state index in [4.69, 9.17) is 5.73 Å². The Kier molecular flexibility index (Phi) is 3.91. The summed E-state index contributed by atoms with van der Waals surface area (Å²) in [4.78, 5) is 5.00. The monoisotopic (exact) mass is 286 g/mol. The lowest BCUT2D eigenvalue weighted by Crippen LogP contribution is -2.09. The van der Waals surface area contributed by atoms with Gasteiger partial charge >= 0.3 is 6.18 Å². The van der Waals surface area contributed by atoms with Crippen molar-refractivity contribution in [3.63, 3.8) is 0 Å². The zero-order valence-corrected chi connectivity index (χ0v) is 11.1. The highest BCUT2D eigenvalue weighted by Gasteiger charge is 2.32. The summed E-state index contributed by atoms with van der Waals surface area (Å²) in [6, 6.07) is 5.42. The Morgan fingerprint density at radius 1 is 1.32 bits per heavy atom. The highest BCUT2D eigenvalue weighted by molar-refractivity contribution is 7.11. The van der Waals surface area contributed by atoms with Gasteiger partial charge in [-0.05, 0) is 18.6 Å². The zero-order valence-electron chi connectivity index (χ0n) is 10.2. The molecule has 0 saturated heterocycles. The second kappa shape index (κ2) is 5.30. The van der Waals surface area contributed by atoms with Crippen LogP contribution in [0, 0.1) is 0 Å². The van der Waals surface area contributed by atoms with Crippen LogP contribution < -0.4 is 5.73 Å². The normalized spacial score (nSPS) is 13.5. The molecule has 1 heterocycles. The molecule has 0 aliphatic heterocycles. The van der Waals surface area contributed by atoms with Crippen LogP contribution in [0.3, 0.4) is 0 Å². The standard InChI is InChI=1S/C13H13F3N2S/c1-8(17)11-7-18-12(19-11)6-9-4-2-3-5-10(9)13(14,15)16/h2-5,7-8H,6,17H2,1H3. The van der Waals surface area contributed by atoms with E-state index in [0.717, 1.165) is 10.9 Å². The van der Waals surface area contributed by atoms with Crippen LogP contribution in [-0.2, 0) is 12.6 Å². The van der Waals surface area contributed by atoms with Crippen LogP contribution in [0.2, 0.25) is 0 Å². The number of rotatable bonds is 3. The summed E-state index contributed by atoms with van der Waals surface area (Å²) in [5, 5.41) is 0.643.